The molecule has 0 spiro atoms. The number of allylic oxidation sites excluding steroid dienone is 4. The summed E-state index contributed by atoms with van der Waals surface area (Å²) >= 11 is 0. The minimum Gasteiger partial charge on any atom is -0.508 e. The molecule has 0 bridgehead atoms. The van der Waals surface area contributed by atoms with E-state index in [0.29, 0.717) is 5.75 Å². The topological polar surface area (TPSA) is 25.2 Å². The van der Waals surface area contributed by atoms with Crippen molar-refractivity contribution in [2.24, 2.45) is 5.92 Å². The number of aromatic nitrogens is 1. The molecular formula is C31H23NO. The predicted octanol–water partition coefficient (Wildman–Crippen LogP) is 7.27. The molecule has 2 atom stereocenters. The Balaban J connectivity index is 1.74. The van der Waals surface area contributed by atoms with Crippen LogP contribution in [0.15, 0.2) is 115 Å². The number of phenolic OH excluding ortho intramolecular Hbond substituents is 1. The Morgan fingerprint density at radius 3 is 2.42 bits per heavy atom. The lowest BCUT2D eigenvalue weighted by Gasteiger charge is -2.45. The maximum absolute atomic E-state index is 10.3. The molecule has 0 saturated carbocycles. The lowest BCUT2D eigenvalue weighted by molar-refractivity contribution is 0.445. The van der Waals surface area contributed by atoms with Crippen molar-refractivity contribution >= 4 is 21.8 Å². The molecule has 2 aliphatic rings. The zero-order valence-electron chi connectivity index (χ0n) is 18.1. The summed E-state index contributed by atoms with van der Waals surface area (Å²) in [5.74, 6) is 0.589. The van der Waals surface area contributed by atoms with E-state index in [0.717, 1.165) is 17.3 Å². The van der Waals surface area contributed by atoms with Gasteiger partial charge in [-0.15, -0.1) is 0 Å². The number of fused-ring (bicyclic) bond motifs is 5. The van der Waals surface area contributed by atoms with E-state index in [9.17, 15) is 5.11 Å². The minimum atomic E-state index is -0.314. The first-order chi connectivity index (χ1) is 16.3. The first-order valence-corrected chi connectivity index (χ1v) is 11.6. The van der Waals surface area contributed by atoms with E-state index in [1.54, 1.807) is 6.07 Å². The summed E-state index contributed by atoms with van der Waals surface area (Å²) in [4.78, 5) is 0. The standard InChI is InChI=1S/C31H23NO/c33-23-18-19-28-25(20-23)24-14-9-16-27-30(24)32(28)29-17-8-7-15-26(29)31(27,21-10-3-1-4-11-21)22-12-5-2-6-13-22/h1-12,14-20,22,33H,13H2. The minimum absolute atomic E-state index is 0.289. The SMILES string of the molecule is Oc1ccc2c(c1)c1cccc3c1n2-c1ccccc1C3(c1ccccc1)C1C=CC=CC1. The number of hydrogen-bond donors (Lipinski definition) is 1. The van der Waals surface area contributed by atoms with Crippen molar-refractivity contribution < 1.29 is 5.11 Å². The molecule has 1 aromatic heterocycles. The molecule has 2 heterocycles. The average molecular weight is 426 g/mol. The number of para-hydroxylation sites is 2. The highest BCUT2D eigenvalue weighted by molar-refractivity contribution is 6.12. The first kappa shape index (κ1) is 18.5. The molecule has 1 aliphatic carbocycles. The number of nitrogens with zero attached hydrogens (tertiary/aromatic N) is 1. The summed E-state index contributed by atoms with van der Waals surface area (Å²) in [7, 11) is 0. The van der Waals surface area contributed by atoms with Gasteiger partial charge in [0.25, 0.3) is 0 Å². The largest absolute Gasteiger partial charge is 0.508 e. The summed E-state index contributed by atoms with van der Waals surface area (Å²) in [5.41, 5.74) is 7.23. The Morgan fingerprint density at radius 1 is 0.758 bits per heavy atom. The van der Waals surface area contributed by atoms with E-state index < -0.39 is 0 Å². The maximum atomic E-state index is 10.3. The fourth-order valence-electron chi connectivity index (χ4n) is 6.30. The van der Waals surface area contributed by atoms with Gasteiger partial charge in [0.05, 0.1) is 22.1 Å². The number of aromatic hydroxyl groups is 1. The highest BCUT2D eigenvalue weighted by Crippen LogP contribution is 2.55. The van der Waals surface area contributed by atoms with Gasteiger partial charge in [0.1, 0.15) is 5.75 Å². The maximum Gasteiger partial charge on any atom is 0.116 e. The Morgan fingerprint density at radius 2 is 1.58 bits per heavy atom. The van der Waals surface area contributed by atoms with Gasteiger partial charge in [-0.2, -0.15) is 0 Å². The van der Waals surface area contributed by atoms with Gasteiger partial charge in [-0.05, 0) is 53.3 Å². The van der Waals surface area contributed by atoms with Crippen molar-refractivity contribution in [3.63, 3.8) is 0 Å². The first-order valence-electron chi connectivity index (χ1n) is 11.6. The quantitative estimate of drug-likeness (QED) is 0.316. The Kier molecular flexibility index (Phi) is 3.78. The van der Waals surface area contributed by atoms with E-state index in [1.807, 2.05) is 12.1 Å². The van der Waals surface area contributed by atoms with Crippen molar-refractivity contribution in [3.8, 4) is 11.4 Å². The lowest BCUT2D eigenvalue weighted by atomic mass is 9.58. The van der Waals surface area contributed by atoms with Crippen LogP contribution < -0.4 is 0 Å². The fraction of sp³-hybridized carbons (Fsp3) is 0.0968. The Bertz CT molecular complexity index is 1600. The van der Waals surface area contributed by atoms with Crippen LogP contribution in [0, 0.1) is 5.92 Å². The smallest absolute Gasteiger partial charge is 0.116 e. The van der Waals surface area contributed by atoms with Crippen LogP contribution in [0.4, 0.5) is 0 Å². The van der Waals surface area contributed by atoms with Crippen molar-refractivity contribution in [1.82, 2.24) is 4.57 Å². The number of rotatable bonds is 2. The molecule has 158 valence electrons. The molecule has 4 aromatic carbocycles. The third-order valence-electron chi connectivity index (χ3n) is 7.53. The van der Waals surface area contributed by atoms with Crippen LogP contribution >= 0.6 is 0 Å². The summed E-state index contributed by atoms with van der Waals surface area (Å²) in [6.07, 6.45) is 10.0. The Hall–Kier alpha value is -4.04. The summed E-state index contributed by atoms with van der Waals surface area (Å²) in [5, 5.41) is 12.6. The molecule has 33 heavy (non-hydrogen) atoms. The van der Waals surface area contributed by atoms with Gasteiger partial charge in [0.2, 0.25) is 0 Å². The van der Waals surface area contributed by atoms with E-state index in [4.69, 9.17) is 0 Å². The lowest BCUT2D eigenvalue weighted by Crippen LogP contribution is -2.40. The van der Waals surface area contributed by atoms with E-state index in [2.05, 4.69) is 102 Å². The van der Waals surface area contributed by atoms with Crippen molar-refractivity contribution in [2.45, 2.75) is 11.8 Å². The van der Waals surface area contributed by atoms with Crippen LogP contribution in [0.5, 0.6) is 5.75 Å². The molecule has 7 rings (SSSR count). The van der Waals surface area contributed by atoms with Crippen molar-refractivity contribution in [3.05, 3.63) is 132 Å². The molecule has 2 heteroatoms. The van der Waals surface area contributed by atoms with Crippen LogP contribution in [0.2, 0.25) is 0 Å². The second-order valence-electron chi connectivity index (χ2n) is 9.09. The van der Waals surface area contributed by atoms with Crippen LogP contribution in [0.25, 0.3) is 27.5 Å². The zero-order valence-corrected chi connectivity index (χ0v) is 18.1. The molecule has 5 aromatic rings. The van der Waals surface area contributed by atoms with Gasteiger partial charge in [-0.3, -0.25) is 0 Å². The van der Waals surface area contributed by atoms with Gasteiger partial charge >= 0.3 is 0 Å². The van der Waals surface area contributed by atoms with E-state index in [-0.39, 0.29) is 11.3 Å². The van der Waals surface area contributed by atoms with Gasteiger partial charge in [-0.25, -0.2) is 0 Å². The third kappa shape index (κ3) is 2.33. The molecule has 2 nitrogen and oxygen atoms in total. The zero-order chi connectivity index (χ0) is 22.0. The average Bonchev–Trinajstić information content (AvgIpc) is 3.21. The monoisotopic (exact) mass is 425 g/mol. The Labute approximate surface area is 192 Å². The van der Waals surface area contributed by atoms with Gasteiger partial charge in [0.15, 0.2) is 0 Å². The van der Waals surface area contributed by atoms with Crippen LogP contribution in [-0.2, 0) is 5.41 Å². The molecule has 0 fully saturated rings. The molecule has 0 amide bonds. The third-order valence-corrected chi connectivity index (χ3v) is 7.53. The van der Waals surface area contributed by atoms with E-state index >= 15 is 0 Å². The molecular weight excluding hydrogens is 402 g/mol. The molecule has 0 radical (unpaired) electrons. The highest BCUT2D eigenvalue weighted by Gasteiger charge is 2.48. The van der Waals surface area contributed by atoms with Crippen molar-refractivity contribution in [2.75, 3.05) is 0 Å². The van der Waals surface area contributed by atoms with Crippen LogP contribution in [-0.4, -0.2) is 9.67 Å². The number of phenols is 1. The van der Waals surface area contributed by atoms with Gasteiger partial charge in [-0.1, -0.05) is 91.0 Å². The number of benzene rings is 4. The second-order valence-corrected chi connectivity index (χ2v) is 9.09. The summed E-state index contributed by atoms with van der Waals surface area (Å²) in [6.45, 7) is 0. The predicted molar refractivity (Wildman–Crippen MR) is 135 cm³/mol. The highest BCUT2D eigenvalue weighted by atomic mass is 16.3. The molecule has 0 saturated heterocycles. The van der Waals surface area contributed by atoms with Crippen LogP contribution in [0.3, 0.4) is 0 Å². The van der Waals surface area contributed by atoms with Gasteiger partial charge in [0, 0.05) is 10.8 Å². The van der Waals surface area contributed by atoms with E-state index in [1.165, 1.54) is 33.3 Å². The molecule has 2 unspecified atom stereocenters. The molecule has 1 N–H and O–H groups in total. The summed E-state index contributed by atoms with van der Waals surface area (Å²) < 4.78 is 2.40. The normalized spacial score (nSPS) is 20.9. The fourth-order valence-corrected chi connectivity index (χ4v) is 6.30. The molecule has 1 aliphatic heterocycles. The summed E-state index contributed by atoms with van der Waals surface area (Å²) in [6, 6.07) is 32.3. The second kappa shape index (κ2) is 6.73. The number of hydrogen-bond acceptors (Lipinski definition) is 1. The van der Waals surface area contributed by atoms with Gasteiger partial charge < -0.3 is 9.67 Å². The van der Waals surface area contributed by atoms with Crippen molar-refractivity contribution in [1.29, 1.82) is 0 Å². The van der Waals surface area contributed by atoms with Crippen LogP contribution in [0.1, 0.15) is 23.1 Å².